The van der Waals surface area contributed by atoms with Crippen molar-refractivity contribution in [2.75, 3.05) is 0 Å². The summed E-state index contributed by atoms with van der Waals surface area (Å²) in [4.78, 5) is 47.0. The van der Waals surface area contributed by atoms with Crippen molar-refractivity contribution in [2.45, 2.75) is 62.7 Å². The van der Waals surface area contributed by atoms with E-state index in [9.17, 15) is 34.5 Å². The van der Waals surface area contributed by atoms with Gasteiger partial charge < -0.3 is 25.4 Å². The van der Waals surface area contributed by atoms with E-state index >= 15 is 0 Å². The molecule has 0 spiro atoms. The maximum Gasteiger partial charge on any atom is 0.217 e. The van der Waals surface area contributed by atoms with Crippen LogP contribution in [0, 0.1) is 0 Å². The molecule has 10 heteroatoms. The Balaban J connectivity index is 3.64. The lowest BCUT2D eigenvalue weighted by Crippen LogP contribution is -2.82. The van der Waals surface area contributed by atoms with Gasteiger partial charge in [-0.2, -0.15) is 0 Å². The van der Waals surface area contributed by atoms with Crippen LogP contribution in [0.1, 0.15) is 27.7 Å². The number of amides is 1. The Labute approximate surface area is 142 Å². The number of carbonyl (C=O) groups is 4. The molecule has 1 rings (SSSR count). The zero-order chi connectivity index (χ0) is 19.0. The van der Waals surface area contributed by atoms with Crippen LogP contribution in [-0.2, 0) is 23.9 Å². The minimum atomic E-state index is -3.01. The molecule has 1 unspecified atom stereocenters. The summed E-state index contributed by atoms with van der Waals surface area (Å²) in [5.41, 5.74) is -7.54. The van der Waals surface area contributed by atoms with Gasteiger partial charge in [0.05, 0.1) is 0 Å². The summed E-state index contributed by atoms with van der Waals surface area (Å²) in [6, 6.07) is -1.70. The Kier molecular flexibility index (Phi) is 5.89. The second-order valence-corrected chi connectivity index (χ2v) is 6.22. The Morgan fingerprint density at radius 1 is 1.04 bits per heavy atom. The average molecular weight is 366 g/mol. The molecule has 0 aliphatic carbocycles. The van der Waals surface area contributed by atoms with E-state index in [1.54, 1.807) is 0 Å². The third-order valence-corrected chi connectivity index (χ3v) is 4.47. The van der Waals surface area contributed by atoms with E-state index in [4.69, 9.17) is 16.3 Å². The topological polar surface area (TPSA) is 150 Å². The van der Waals surface area contributed by atoms with Crippen molar-refractivity contribution in [1.82, 2.24) is 5.32 Å². The number of halogens is 1. The van der Waals surface area contributed by atoms with Crippen molar-refractivity contribution < 1.29 is 39.2 Å². The van der Waals surface area contributed by atoms with Gasteiger partial charge in [-0.05, 0) is 20.8 Å². The predicted octanol–water partition coefficient (Wildman–Crippen LogP) is -1.96. The largest absolute Gasteiger partial charge is 0.382 e. The fourth-order valence-corrected chi connectivity index (χ4v) is 3.18. The molecule has 9 nitrogen and oxygen atoms in total. The van der Waals surface area contributed by atoms with E-state index in [0.717, 1.165) is 27.7 Å². The highest BCUT2D eigenvalue weighted by molar-refractivity contribution is 6.21. The Hall–Kier alpha value is -1.39. The summed E-state index contributed by atoms with van der Waals surface area (Å²) < 4.78 is 5.14. The fourth-order valence-electron chi connectivity index (χ4n) is 2.82. The van der Waals surface area contributed by atoms with Crippen LogP contribution in [0.25, 0.3) is 0 Å². The molecular weight excluding hydrogens is 346 g/mol. The molecule has 0 saturated carbocycles. The zero-order valence-corrected chi connectivity index (χ0v) is 14.3. The van der Waals surface area contributed by atoms with E-state index in [-0.39, 0.29) is 0 Å². The summed E-state index contributed by atoms with van der Waals surface area (Å²) in [6.45, 7) is 3.74. The van der Waals surface area contributed by atoms with Gasteiger partial charge in [-0.1, -0.05) is 11.6 Å². The first-order valence-electron chi connectivity index (χ1n) is 7.03. The number of nitrogens with one attached hydrogen (secondary N) is 1. The smallest absolute Gasteiger partial charge is 0.217 e. The molecule has 0 aromatic rings. The Morgan fingerprint density at radius 2 is 1.50 bits per heavy atom. The van der Waals surface area contributed by atoms with Gasteiger partial charge in [0, 0.05) is 6.92 Å². The van der Waals surface area contributed by atoms with Crippen molar-refractivity contribution in [3.8, 4) is 0 Å². The molecule has 1 heterocycles. The minimum Gasteiger partial charge on any atom is -0.382 e. The molecule has 1 amide bonds. The Morgan fingerprint density at radius 3 is 1.83 bits per heavy atom. The van der Waals surface area contributed by atoms with Crippen LogP contribution in [-0.4, -0.2) is 73.6 Å². The highest BCUT2D eigenvalue weighted by Gasteiger charge is 2.71. The normalized spacial score (nSPS) is 37.4. The van der Waals surface area contributed by atoms with Gasteiger partial charge in [0.25, 0.3) is 0 Å². The number of ketones is 3. The maximum atomic E-state index is 12.1. The van der Waals surface area contributed by atoms with Crippen molar-refractivity contribution in [3.05, 3.63) is 0 Å². The van der Waals surface area contributed by atoms with Gasteiger partial charge in [-0.15, -0.1) is 0 Å². The van der Waals surface area contributed by atoms with E-state index in [1.165, 1.54) is 0 Å². The van der Waals surface area contributed by atoms with Gasteiger partial charge in [0.15, 0.2) is 34.1 Å². The van der Waals surface area contributed by atoms with Crippen molar-refractivity contribution >= 4 is 34.9 Å². The van der Waals surface area contributed by atoms with Gasteiger partial charge in [-0.25, -0.2) is 0 Å². The quantitative estimate of drug-likeness (QED) is 0.410. The van der Waals surface area contributed by atoms with Crippen LogP contribution < -0.4 is 5.32 Å². The van der Waals surface area contributed by atoms with Crippen molar-refractivity contribution in [3.63, 3.8) is 0 Å². The summed E-state index contributed by atoms with van der Waals surface area (Å²) >= 11 is 5.94. The number of carbonyl (C=O) groups excluding carboxylic acids is 4. The number of ether oxygens (including phenoxy) is 1. The molecule has 1 aliphatic rings. The molecular formula is C14H20ClNO8. The van der Waals surface area contributed by atoms with Crippen LogP contribution in [0.3, 0.4) is 0 Å². The SMILES string of the molecule is CC(=O)N[C@@H]1[C@H](Cl)O[C@H](C(O)C(C)=O)[C@@](O)(C(C)=O)[C@@]1(O)C(C)=O. The fraction of sp³-hybridized carbons (Fsp3) is 0.714. The summed E-state index contributed by atoms with van der Waals surface area (Å²) in [7, 11) is 0. The summed E-state index contributed by atoms with van der Waals surface area (Å²) in [6.07, 6.45) is -4.04. The lowest BCUT2D eigenvalue weighted by Gasteiger charge is -2.54. The van der Waals surface area contributed by atoms with Crippen LogP contribution in [0.2, 0.25) is 0 Å². The minimum absolute atomic E-state index is 0.717. The lowest BCUT2D eigenvalue weighted by molar-refractivity contribution is -0.266. The van der Waals surface area contributed by atoms with E-state index in [2.05, 4.69) is 5.32 Å². The zero-order valence-electron chi connectivity index (χ0n) is 13.6. The lowest BCUT2D eigenvalue weighted by atomic mass is 9.66. The van der Waals surface area contributed by atoms with Crippen LogP contribution in [0.4, 0.5) is 0 Å². The van der Waals surface area contributed by atoms with Crippen molar-refractivity contribution in [2.24, 2.45) is 0 Å². The van der Waals surface area contributed by atoms with Crippen LogP contribution >= 0.6 is 11.6 Å². The van der Waals surface area contributed by atoms with Gasteiger partial charge >= 0.3 is 0 Å². The number of aliphatic hydroxyl groups excluding tert-OH is 1. The monoisotopic (exact) mass is 365 g/mol. The molecule has 0 bridgehead atoms. The van der Waals surface area contributed by atoms with E-state index < -0.39 is 58.3 Å². The molecule has 0 aromatic carbocycles. The molecule has 0 aromatic heterocycles. The number of alkyl halides is 1. The maximum absolute atomic E-state index is 12.1. The second kappa shape index (κ2) is 6.85. The first kappa shape index (κ1) is 20.7. The van der Waals surface area contributed by atoms with Gasteiger partial charge in [-0.3, -0.25) is 19.2 Å². The molecule has 6 atom stereocenters. The first-order valence-corrected chi connectivity index (χ1v) is 7.47. The molecule has 0 radical (unpaired) electrons. The Bertz CT molecular complexity index is 563. The molecule has 4 N–H and O–H groups in total. The van der Waals surface area contributed by atoms with E-state index in [1.807, 2.05) is 0 Å². The molecule has 24 heavy (non-hydrogen) atoms. The molecule has 1 aliphatic heterocycles. The third kappa shape index (κ3) is 2.98. The average Bonchev–Trinajstić information content (AvgIpc) is 2.45. The summed E-state index contributed by atoms with van der Waals surface area (Å²) in [5.74, 6) is -3.85. The highest BCUT2D eigenvalue weighted by Crippen LogP contribution is 2.42. The van der Waals surface area contributed by atoms with Gasteiger partial charge in [0.1, 0.15) is 18.2 Å². The number of aliphatic hydroxyl groups is 3. The van der Waals surface area contributed by atoms with Crippen LogP contribution in [0.5, 0.6) is 0 Å². The van der Waals surface area contributed by atoms with Crippen molar-refractivity contribution in [1.29, 1.82) is 0 Å². The number of Topliss-reactive ketones (excluding diaryl/α,β-unsaturated/α-hetero) is 3. The van der Waals surface area contributed by atoms with E-state index in [0.29, 0.717) is 0 Å². The third-order valence-electron chi connectivity index (χ3n) is 4.12. The molecule has 1 saturated heterocycles. The highest BCUT2D eigenvalue weighted by atomic mass is 35.5. The predicted molar refractivity (Wildman–Crippen MR) is 80.1 cm³/mol. The number of hydrogen-bond donors (Lipinski definition) is 4. The summed E-state index contributed by atoms with van der Waals surface area (Å²) in [5, 5.41) is 33.9. The molecule has 1 fully saturated rings. The molecule has 136 valence electrons. The number of hydrogen-bond acceptors (Lipinski definition) is 8. The first-order chi connectivity index (χ1) is 10.8. The second-order valence-electron chi connectivity index (χ2n) is 5.79. The number of rotatable bonds is 5. The van der Waals surface area contributed by atoms with Gasteiger partial charge in [0.2, 0.25) is 5.91 Å². The van der Waals surface area contributed by atoms with Crippen LogP contribution in [0.15, 0.2) is 0 Å². The standard InChI is InChI=1S/C14H20ClNO8/c1-5(17)9(21)11-14(23,7(3)19)13(22,6(2)18)10(12(15)24-11)16-8(4)20/h9-12,21-23H,1-4H3,(H,16,20)/t9?,10-,11-,12-,13-,14+/m1/s1.